The van der Waals surface area contributed by atoms with Gasteiger partial charge in [0.1, 0.15) is 5.82 Å². The van der Waals surface area contributed by atoms with Crippen molar-refractivity contribution in [2.24, 2.45) is 11.3 Å². The number of ether oxygens (including phenoxy) is 1. The fourth-order valence-corrected chi connectivity index (χ4v) is 5.10. The molecule has 194 valence electrons. The van der Waals surface area contributed by atoms with Crippen molar-refractivity contribution in [1.82, 2.24) is 15.2 Å². The van der Waals surface area contributed by atoms with Crippen LogP contribution in [0.25, 0.3) is 0 Å². The van der Waals surface area contributed by atoms with Crippen LogP contribution in [0, 0.1) is 23.0 Å². The standard InChI is InChI=1S/C26H27F2N5O4/c1-2-36-25(35)17-13-26(14-17)7-9-33(10-8-26)21-6-4-18(15-29-21)30-23(34)24-32-31-22(37-24)12-16-3-5-19(27)20(28)11-16/h3-6,11,15,17H,2,7-10,12-14H2,1H3,(H,30,34). The zero-order valence-corrected chi connectivity index (χ0v) is 20.4. The minimum Gasteiger partial charge on any atom is -0.466 e. The summed E-state index contributed by atoms with van der Waals surface area (Å²) in [5.74, 6) is -1.87. The van der Waals surface area contributed by atoms with Gasteiger partial charge in [-0.15, -0.1) is 10.2 Å². The normalized spacial score (nSPS) is 16.9. The Hall–Kier alpha value is -3.89. The molecule has 2 fully saturated rings. The number of aromatic nitrogens is 3. The van der Waals surface area contributed by atoms with Gasteiger partial charge in [0.2, 0.25) is 5.89 Å². The molecule has 2 aromatic heterocycles. The second-order valence-corrected chi connectivity index (χ2v) is 9.63. The first-order chi connectivity index (χ1) is 17.8. The average molecular weight is 512 g/mol. The zero-order chi connectivity index (χ0) is 26.0. The molecule has 2 aliphatic rings. The lowest BCUT2D eigenvalue weighted by Gasteiger charge is -2.51. The van der Waals surface area contributed by atoms with Crippen LogP contribution < -0.4 is 10.2 Å². The van der Waals surface area contributed by atoms with Crippen molar-refractivity contribution in [1.29, 1.82) is 0 Å². The summed E-state index contributed by atoms with van der Waals surface area (Å²) in [5, 5.41) is 10.2. The van der Waals surface area contributed by atoms with Gasteiger partial charge in [-0.1, -0.05) is 6.07 Å². The van der Waals surface area contributed by atoms with Crippen molar-refractivity contribution >= 4 is 23.4 Å². The molecular formula is C26H27F2N5O4. The lowest BCUT2D eigenvalue weighted by Crippen LogP contribution is -2.49. The number of pyridine rings is 1. The number of carbonyl (C=O) groups excluding carboxylic acids is 2. The molecule has 37 heavy (non-hydrogen) atoms. The fourth-order valence-electron chi connectivity index (χ4n) is 5.10. The molecule has 0 bridgehead atoms. The van der Waals surface area contributed by atoms with Crippen molar-refractivity contribution in [2.45, 2.75) is 39.0 Å². The first-order valence-electron chi connectivity index (χ1n) is 12.3. The first-order valence-corrected chi connectivity index (χ1v) is 12.3. The maximum atomic E-state index is 13.4. The van der Waals surface area contributed by atoms with Crippen LogP contribution in [-0.2, 0) is 16.0 Å². The quantitative estimate of drug-likeness (QED) is 0.471. The topological polar surface area (TPSA) is 110 Å². The first kappa shape index (κ1) is 24.8. The molecule has 3 heterocycles. The predicted molar refractivity (Wildman–Crippen MR) is 129 cm³/mol. The van der Waals surface area contributed by atoms with Crippen LogP contribution in [0.2, 0.25) is 0 Å². The summed E-state index contributed by atoms with van der Waals surface area (Å²) < 4.78 is 37.0. The van der Waals surface area contributed by atoms with E-state index in [1.165, 1.54) is 6.07 Å². The Balaban J connectivity index is 1.12. The molecule has 9 nitrogen and oxygen atoms in total. The van der Waals surface area contributed by atoms with Crippen LogP contribution in [0.4, 0.5) is 20.3 Å². The van der Waals surface area contributed by atoms with Crippen molar-refractivity contribution in [3.63, 3.8) is 0 Å². The summed E-state index contributed by atoms with van der Waals surface area (Å²) in [5.41, 5.74) is 1.14. The molecule has 0 unspecified atom stereocenters. The average Bonchev–Trinajstić information content (AvgIpc) is 3.34. The van der Waals surface area contributed by atoms with Gasteiger partial charge in [-0.05, 0) is 67.9 Å². The summed E-state index contributed by atoms with van der Waals surface area (Å²) >= 11 is 0. The van der Waals surface area contributed by atoms with Crippen LogP contribution in [0.3, 0.4) is 0 Å². The fraction of sp³-hybridized carbons (Fsp3) is 0.423. The Labute approximate surface area is 212 Å². The van der Waals surface area contributed by atoms with E-state index in [0.29, 0.717) is 17.9 Å². The Morgan fingerprint density at radius 3 is 2.59 bits per heavy atom. The lowest BCUT2D eigenvalue weighted by molar-refractivity contribution is -0.157. The van der Waals surface area contributed by atoms with Crippen molar-refractivity contribution in [3.8, 4) is 0 Å². The van der Waals surface area contributed by atoms with Crippen LogP contribution in [0.1, 0.15) is 54.7 Å². The molecule has 1 saturated heterocycles. The van der Waals surface area contributed by atoms with E-state index < -0.39 is 17.5 Å². The van der Waals surface area contributed by atoms with E-state index in [9.17, 15) is 18.4 Å². The molecule has 1 N–H and O–H groups in total. The number of anilines is 2. The van der Waals surface area contributed by atoms with E-state index in [0.717, 1.165) is 56.7 Å². The summed E-state index contributed by atoms with van der Waals surface area (Å²) in [7, 11) is 0. The molecular weight excluding hydrogens is 484 g/mol. The van der Waals surface area contributed by atoms with Gasteiger partial charge in [-0.25, -0.2) is 13.8 Å². The Kier molecular flexibility index (Phi) is 6.86. The summed E-state index contributed by atoms with van der Waals surface area (Å²) in [6.07, 6.45) is 5.44. The summed E-state index contributed by atoms with van der Waals surface area (Å²) in [6.45, 7) is 3.97. The number of nitrogens with one attached hydrogen (secondary N) is 1. The third-order valence-corrected chi connectivity index (χ3v) is 7.13. The molecule has 3 aromatic rings. The lowest BCUT2D eigenvalue weighted by atomic mass is 9.57. The van der Waals surface area contributed by atoms with Crippen molar-refractivity contribution in [3.05, 3.63) is 65.5 Å². The molecule has 1 aliphatic carbocycles. The molecule has 0 radical (unpaired) electrons. The predicted octanol–water partition coefficient (Wildman–Crippen LogP) is 4.15. The molecule has 1 aromatic carbocycles. The highest BCUT2D eigenvalue weighted by Gasteiger charge is 2.49. The third-order valence-electron chi connectivity index (χ3n) is 7.13. The number of rotatable bonds is 7. The van der Waals surface area contributed by atoms with E-state index in [2.05, 4.69) is 25.4 Å². The summed E-state index contributed by atoms with van der Waals surface area (Å²) in [4.78, 5) is 31.1. The molecule has 1 spiro atoms. The smallest absolute Gasteiger partial charge is 0.313 e. The van der Waals surface area contributed by atoms with Crippen molar-refractivity contribution in [2.75, 3.05) is 29.9 Å². The number of piperidine rings is 1. The molecule has 5 rings (SSSR count). The highest BCUT2D eigenvalue weighted by Crippen LogP contribution is 2.53. The van der Waals surface area contributed by atoms with Gasteiger partial charge in [0.15, 0.2) is 11.6 Å². The van der Waals surface area contributed by atoms with E-state index in [4.69, 9.17) is 9.15 Å². The van der Waals surface area contributed by atoms with Crippen LogP contribution in [0.15, 0.2) is 40.9 Å². The van der Waals surface area contributed by atoms with Gasteiger partial charge in [0.25, 0.3) is 0 Å². The molecule has 1 aliphatic heterocycles. The van der Waals surface area contributed by atoms with Crippen LogP contribution in [0.5, 0.6) is 0 Å². The van der Waals surface area contributed by atoms with Gasteiger partial charge in [0.05, 0.1) is 30.8 Å². The molecule has 0 atom stereocenters. The molecule has 11 heteroatoms. The second kappa shape index (κ2) is 10.2. The van der Waals surface area contributed by atoms with E-state index >= 15 is 0 Å². The zero-order valence-electron chi connectivity index (χ0n) is 20.4. The number of nitrogens with zero attached hydrogens (tertiary/aromatic N) is 4. The minimum absolute atomic E-state index is 0.0355. The number of carbonyl (C=O) groups is 2. The Morgan fingerprint density at radius 2 is 1.92 bits per heavy atom. The SMILES string of the molecule is CCOC(=O)C1CC2(CCN(c3ccc(NC(=O)c4nnc(Cc5ccc(F)c(F)c5)o4)cn3)CC2)C1. The van der Waals surface area contributed by atoms with Gasteiger partial charge in [0, 0.05) is 13.1 Å². The number of halogens is 2. The third kappa shape index (κ3) is 5.45. The number of benzene rings is 1. The van der Waals surface area contributed by atoms with Gasteiger partial charge >= 0.3 is 17.8 Å². The Morgan fingerprint density at radius 1 is 1.14 bits per heavy atom. The van der Waals surface area contributed by atoms with Gasteiger partial charge in [-0.3, -0.25) is 9.59 Å². The highest BCUT2D eigenvalue weighted by atomic mass is 19.2. The van der Waals surface area contributed by atoms with E-state index in [1.54, 1.807) is 12.3 Å². The number of amides is 1. The summed E-state index contributed by atoms with van der Waals surface area (Å²) in [6, 6.07) is 7.06. The number of hydrogen-bond acceptors (Lipinski definition) is 8. The maximum Gasteiger partial charge on any atom is 0.313 e. The monoisotopic (exact) mass is 511 g/mol. The highest BCUT2D eigenvalue weighted by molar-refractivity contribution is 6.00. The van der Waals surface area contributed by atoms with Crippen molar-refractivity contribution < 1.29 is 27.5 Å². The van der Waals surface area contributed by atoms with Gasteiger partial charge in [-0.2, -0.15) is 0 Å². The molecule has 1 saturated carbocycles. The van der Waals surface area contributed by atoms with E-state index in [-0.39, 0.29) is 35.5 Å². The number of hydrogen-bond donors (Lipinski definition) is 1. The largest absolute Gasteiger partial charge is 0.466 e. The van der Waals surface area contributed by atoms with Crippen LogP contribution >= 0.6 is 0 Å². The second-order valence-electron chi connectivity index (χ2n) is 9.63. The Bertz CT molecular complexity index is 1280. The molecule has 1 amide bonds. The van der Waals surface area contributed by atoms with Crippen LogP contribution in [-0.4, -0.2) is 46.8 Å². The maximum absolute atomic E-state index is 13.4. The number of esters is 1. The minimum atomic E-state index is -0.972. The van der Waals surface area contributed by atoms with E-state index in [1.807, 2.05) is 13.0 Å². The van der Waals surface area contributed by atoms with Gasteiger partial charge < -0.3 is 19.4 Å².